The molecule has 116 valence electrons. The molecule has 0 fully saturated rings. The summed E-state index contributed by atoms with van der Waals surface area (Å²) >= 11 is 0. The Bertz CT molecular complexity index is 460. The van der Waals surface area contributed by atoms with Crippen LogP contribution in [0.5, 0.6) is 0 Å². The minimum absolute atomic E-state index is 0.294. The fourth-order valence-corrected chi connectivity index (χ4v) is 1.64. The van der Waals surface area contributed by atoms with Gasteiger partial charge in [0.05, 0.1) is 12.2 Å². The van der Waals surface area contributed by atoms with Crippen LogP contribution in [0.15, 0.2) is 24.4 Å². The Hall–Kier alpha value is -1.95. The van der Waals surface area contributed by atoms with E-state index in [2.05, 4.69) is 15.6 Å². The molecule has 0 radical (unpaired) electrons. The molecule has 21 heavy (non-hydrogen) atoms. The fraction of sp³-hybridized carbons (Fsp3) is 0.533. The molecule has 0 unspecified atom stereocenters. The number of methoxy groups -OCH3 is 1. The SMILES string of the molecule is COCCCNC(=O)C(C)(C)C(=O)NCc1ccccn1. The van der Waals surface area contributed by atoms with Crippen molar-refractivity contribution in [3.63, 3.8) is 0 Å². The Morgan fingerprint density at radius 2 is 1.95 bits per heavy atom. The van der Waals surface area contributed by atoms with Crippen LogP contribution < -0.4 is 10.6 Å². The van der Waals surface area contributed by atoms with Crippen LogP contribution in [0.2, 0.25) is 0 Å². The lowest BCUT2D eigenvalue weighted by atomic mass is 9.91. The number of amides is 2. The molecular formula is C15H23N3O3. The predicted octanol–water partition coefficient (Wildman–Crippen LogP) is 0.877. The first-order valence-electron chi connectivity index (χ1n) is 6.94. The normalized spacial score (nSPS) is 11.0. The van der Waals surface area contributed by atoms with Crippen molar-refractivity contribution in [1.29, 1.82) is 0 Å². The quantitative estimate of drug-likeness (QED) is 0.551. The second-order valence-corrected chi connectivity index (χ2v) is 5.23. The topological polar surface area (TPSA) is 80.3 Å². The van der Waals surface area contributed by atoms with Crippen molar-refractivity contribution in [2.24, 2.45) is 5.41 Å². The van der Waals surface area contributed by atoms with E-state index in [1.54, 1.807) is 27.2 Å². The third kappa shape index (κ3) is 5.51. The second kappa shape index (κ2) is 8.36. The van der Waals surface area contributed by atoms with Gasteiger partial charge in [-0.3, -0.25) is 14.6 Å². The van der Waals surface area contributed by atoms with Gasteiger partial charge in [0.1, 0.15) is 5.41 Å². The van der Waals surface area contributed by atoms with Crippen molar-refractivity contribution in [3.8, 4) is 0 Å². The van der Waals surface area contributed by atoms with E-state index in [0.29, 0.717) is 26.1 Å². The molecule has 0 spiro atoms. The molecule has 0 bridgehead atoms. The molecule has 2 amide bonds. The highest BCUT2D eigenvalue weighted by atomic mass is 16.5. The third-order valence-corrected chi connectivity index (χ3v) is 3.10. The van der Waals surface area contributed by atoms with Gasteiger partial charge in [-0.1, -0.05) is 6.07 Å². The lowest BCUT2D eigenvalue weighted by Crippen LogP contribution is -2.48. The zero-order valence-corrected chi connectivity index (χ0v) is 12.8. The Labute approximate surface area is 125 Å². The summed E-state index contributed by atoms with van der Waals surface area (Å²) in [6.45, 7) is 4.58. The summed E-state index contributed by atoms with van der Waals surface area (Å²) in [6, 6.07) is 5.48. The van der Waals surface area contributed by atoms with Crippen molar-refractivity contribution in [1.82, 2.24) is 15.6 Å². The minimum Gasteiger partial charge on any atom is -0.385 e. The average molecular weight is 293 g/mol. The molecule has 0 aliphatic carbocycles. The van der Waals surface area contributed by atoms with E-state index < -0.39 is 5.41 Å². The molecule has 0 atom stereocenters. The van der Waals surface area contributed by atoms with Gasteiger partial charge in [0.15, 0.2) is 0 Å². The van der Waals surface area contributed by atoms with Crippen LogP contribution in [0, 0.1) is 5.41 Å². The van der Waals surface area contributed by atoms with Crippen LogP contribution in [0.25, 0.3) is 0 Å². The molecule has 6 heteroatoms. The van der Waals surface area contributed by atoms with Gasteiger partial charge >= 0.3 is 0 Å². The summed E-state index contributed by atoms with van der Waals surface area (Å²) in [5.41, 5.74) is -0.371. The first-order valence-corrected chi connectivity index (χ1v) is 6.94. The molecule has 1 rings (SSSR count). The van der Waals surface area contributed by atoms with Crippen molar-refractivity contribution in [3.05, 3.63) is 30.1 Å². The lowest BCUT2D eigenvalue weighted by Gasteiger charge is -2.22. The van der Waals surface area contributed by atoms with Gasteiger partial charge in [-0.05, 0) is 32.4 Å². The van der Waals surface area contributed by atoms with Crippen molar-refractivity contribution < 1.29 is 14.3 Å². The maximum atomic E-state index is 12.1. The predicted molar refractivity (Wildman–Crippen MR) is 79.4 cm³/mol. The number of carbonyl (C=O) groups is 2. The first kappa shape index (κ1) is 17.1. The summed E-state index contributed by atoms with van der Waals surface area (Å²) < 4.78 is 4.91. The van der Waals surface area contributed by atoms with Gasteiger partial charge in [-0.25, -0.2) is 0 Å². The number of rotatable bonds is 8. The van der Waals surface area contributed by atoms with Crippen LogP contribution in [-0.4, -0.2) is 37.1 Å². The third-order valence-electron chi connectivity index (χ3n) is 3.10. The van der Waals surface area contributed by atoms with Gasteiger partial charge in [-0.2, -0.15) is 0 Å². The van der Waals surface area contributed by atoms with Gasteiger partial charge in [0, 0.05) is 26.5 Å². The molecule has 0 saturated carbocycles. The molecule has 1 aromatic rings. The van der Waals surface area contributed by atoms with Crippen LogP contribution in [0.4, 0.5) is 0 Å². The number of hydrogen-bond donors (Lipinski definition) is 2. The molecular weight excluding hydrogens is 270 g/mol. The number of nitrogens with one attached hydrogen (secondary N) is 2. The fourth-order valence-electron chi connectivity index (χ4n) is 1.64. The van der Waals surface area contributed by atoms with E-state index in [9.17, 15) is 9.59 Å². The Kier molecular flexibility index (Phi) is 6.81. The maximum Gasteiger partial charge on any atom is 0.235 e. The van der Waals surface area contributed by atoms with Gasteiger partial charge < -0.3 is 15.4 Å². The number of pyridine rings is 1. The standard InChI is InChI=1S/C15H23N3O3/c1-15(2,13(19)17-9-6-10-21-3)14(20)18-11-12-7-4-5-8-16-12/h4-5,7-8H,6,9-11H2,1-3H3,(H,17,19)(H,18,20). The van der Waals surface area contributed by atoms with E-state index in [1.165, 1.54) is 0 Å². The molecule has 0 aromatic carbocycles. The highest BCUT2D eigenvalue weighted by Crippen LogP contribution is 2.15. The monoisotopic (exact) mass is 293 g/mol. The van der Waals surface area contributed by atoms with Gasteiger partial charge in [0.2, 0.25) is 11.8 Å². The van der Waals surface area contributed by atoms with E-state index in [1.807, 2.05) is 18.2 Å². The first-order chi connectivity index (χ1) is 9.98. The van der Waals surface area contributed by atoms with Crippen LogP contribution in [-0.2, 0) is 20.9 Å². The smallest absolute Gasteiger partial charge is 0.235 e. The molecule has 1 heterocycles. The summed E-state index contributed by atoms with van der Waals surface area (Å²) in [5.74, 6) is -0.616. The second-order valence-electron chi connectivity index (χ2n) is 5.23. The van der Waals surface area contributed by atoms with Gasteiger partial charge in [0.25, 0.3) is 0 Å². The maximum absolute atomic E-state index is 12.1. The van der Waals surface area contributed by atoms with Crippen molar-refractivity contribution >= 4 is 11.8 Å². The zero-order chi connectivity index (χ0) is 15.7. The summed E-state index contributed by atoms with van der Waals surface area (Å²) in [4.78, 5) is 28.3. The largest absolute Gasteiger partial charge is 0.385 e. The van der Waals surface area contributed by atoms with Crippen molar-refractivity contribution in [2.45, 2.75) is 26.8 Å². The Morgan fingerprint density at radius 3 is 2.57 bits per heavy atom. The van der Waals surface area contributed by atoms with Crippen LogP contribution in [0.3, 0.4) is 0 Å². The minimum atomic E-state index is -1.12. The molecule has 0 aliphatic heterocycles. The van der Waals surface area contributed by atoms with E-state index in [-0.39, 0.29) is 11.8 Å². The number of carbonyl (C=O) groups excluding carboxylic acids is 2. The number of ether oxygens (including phenoxy) is 1. The average Bonchev–Trinajstić information content (AvgIpc) is 2.49. The van der Waals surface area contributed by atoms with E-state index >= 15 is 0 Å². The van der Waals surface area contributed by atoms with Crippen molar-refractivity contribution in [2.75, 3.05) is 20.3 Å². The zero-order valence-electron chi connectivity index (χ0n) is 12.8. The van der Waals surface area contributed by atoms with Crippen LogP contribution in [0.1, 0.15) is 26.0 Å². The summed E-state index contributed by atoms with van der Waals surface area (Å²) in [5, 5.41) is 5.48. The Morgan fingerprint density at radius 1 is 1.24 bits per heavy atom. The number of aromatic nitrogens is 1. The molecule has 6 nitrogen and oxygen atoms in total. The summed E-state index contributed by atoms with van der Waals surface area (Å²) in [6.07, 6.45) is 2.38. The van der Waals surface area contributed by atoms with E-state index in [0.717, 1.165) is 5.69 Å². The molecule has 2 N–H and O–H groups in total. The molecule has 0 aliphatic rings. The Balaban J connectivity index is 2.44. The number of hydrogen-bond acceptors (Lipinski definition) is 4. The highest BCUT2D eigenvalue weighted by Gasteiger charge is 2.35. The van der Waals surface area contributed by atoms with Crippen LogP contribution >= 0.6 is 0 Å². The number of nitrogens with zero attached hydrogens (tertiary/aromatic N) is 1. The molecule has 1 aromatic heterocycles. The summed E-state index contributed by atoms with van der Waals surface area (Å²) in [7, 11) is 1.61. The molecule has 0 saturated heterocycles. The highest BCUT2D eigenvalue weighted by molar-refractivity contribution is 6.04. The van der Waals surface area contributed by atoms with E-state index in [4.69, 9.17) is 4.74 Å². The lowest BCUT2D eigenvalue weighted by molar-refractivity contribution is -0.141. The van der Waals surface area contributed by atoms with Gasteiger partial charge in [-0.15, -0.1) is 0 Å².